The number of hydrogen-bond acceptors (Lipinski definition) is 6. The normalized spacial score (nSPS) is 14.4. The molecule has 0 fully saturated rings. The summed E-state index contributed by atoms with van der Waals surface area (Å²) in [5, 5.41) is 0.728. The van der Waals surface area contributed by atoms with Gasteiger partial charge in [-0.3, -0.25) is 14.5 Å². The monoisotopic (exact) mass is 561 g/mol. The van der Waals surface area contributed by atoms with Crippen LogP contribution in [0.25, 0.3) is 11.0 Å². The standard InChI is InChI=1S/C32H32ClNO6/c1-4-7-8-17-39-26-15-9-20(18-27(26)38-6-3)29-28-30(35)24-19-21(33)10-16-25(24)40-31(28)32(36)34(29)22-11-13-23(14-12-22)37-5-2/h9-16,18-19,29H,4-8,17H2,1-3H3. The molecule has 2 heterocycles. The molecule has 0 bridgehead atoms. The second kappa shape index (κ2) is 12.0. The minimum Gasteiger partial charge on any atom is -0.494 e. The zero-order chi connectivity index (χ0) is 28.2. The number of fused-ring (bicyclic) bond motifs is 2. The number of unbranched alkanes of at least 4 members (excludes halogenated alkanes) is 2. The molecule has 8 heteroatoms. The van der Waals surface area contributed by atoms with E-state index in [1.807, 2.05) is 32.0 Å². The summed E-state index contributed by atoms with van der Waals surface area (Å²) < 4.78 is 23.6. The molecular formula is C32H32ClNO6. The van der Waals surface area contributed by atoms with E-state index in [1.54, 1.807) is 47.4 Å². The van der Waals surface area contributed by atoms with Crippen LogP contribution < -0.4 is 24.5 Å². The molecule has 3 aromatic carbocycles. The molecule has 1 aromatic heterocycles. The van der Waals surface area contributed by atoms with Crippen molar-refractivity contribution in [2.24, 2.45) is 0 Å². The van der Waals surface area contributed by atoms with Crippen molar-refractivity contribution in [3.63, 3.8) is 0 Å². The molecule has 1 aliphatic rings. The van der Waals surface area contributed by atoms with Gasteiger partial charge in [-0.2, -0.15) is 0 Å². The fourth-order valence-electron chi connectivity index (χ4n) is 5.01. The third-order valence-corrected chi connectivity index (χ3v) is 7.08. The van der Waals surface area contributed by atoms with E-state index in [9.17, 15) is 9.59 Å². The highest BCUT2D eigenvalue weighted by atomic mass is 35.5. The minimum absolute atomic E-state index is 0.0107. The summed E-state index contributed by atoms with van der Waals surface area (Å²) in [5.41, 5.74) is 1.55. The largest absolute Gasteiger partial charge is 0.494 e. The number of carbonyl (C=O) groups is 1. The van der Waals surface area contributed by atoms with Gasteiger partial charge in [0.2, 0.25) is 5.76 Å². The number of benzene rings is 3. The summed E-state index contributed by atoms with van der Waals surface area (Å²) in [5.74, 6) is 1.46. The summed E-state index contributed by atoms with van der Waals surface area (Å²) in [4.78, 5) is 29.4. The van der Waals surface area contributed by atoms with Gasteiger partial charge in [0.1, 0.15) is 11.3 Å². The molecule has 208 valence electrons. The Kier molecular flexibility index (Phi) is 8.31. The van der Waals surface area contributed by atoms with Crippen LogP contribution in [-0.2, 0) is 0 Å². The molecule has 0 radical (unpaired) electrons. The first-order valence-electron chi connectivity index (χ1n) is 13.7. The van der Waals surface area contributed by atoms with Crippen LogP contribution in [0, 0.1) is 0 Å². The summed E-state index contributed by atoms with van der Waals surface area (Å²) >= 11 is 6.22. The van der Waals surface area contributed by atoms with Crippen molar-refractivity contribution in [3.05, 3.63) is 92.8 Å². The Morgan fingerprint density at radius 2 is 1.62 bits per heavy atom. The van der Waals surface area contributed by atoms with Crippen LogP contribution in [0.1, 0.15) is 67.8 Å². The average Bonchev–Trinajstić information content (AvgIpc) is 3.25. The molecule has 0 saturated heterocycles. The number of anilines is 1. The first-order valence-corrected chi connectivity index (χ1v) is 14.1. The highest BCUT2D eigenvalue weighted by molar-refractivity contribution is 6.31. The van der Waals surface area contributed by atoms with Crippen molar-refractivity contribution in [1.29, 1.82) is 0 Å². The maximum atomic E-state index is 13.9. The van der Waals surface area contributed by atoms with Crippen LogP contribution in [0.3, 0.4) is 0 Å². The molecule has 0 saturated carbocycles. The average molecular weight is 562 g/mol. The summed E-state index contributed by atoms with van der Waals surface area (Å²) in [7, 11) is 0. The van der Waals surface area contributed by atoms with Crippen molar-refractivity contribution in [3.8, 4) is 17.2 Å². The van der Waals surface area contributed by atoms with Gasteiger partial charge in [-0.05, 0) is 80.4 Å². The van der Waals surface area contributed by atoms with Gasteiger partial charge in [0.15, 0.2) is 16.9 Å². The van der Waals surface area contributed by atoms with Gasteiger partial charge >= 0.3 is 0 Å². The van der Waals surface area contributed by atoms with Crippen molar-refractivity contribution in [2.45, 2.75) is 46.1 Å². The third kappa shape index (κ3) is 5.26. The fraction of sp³-hybridized carbons (Fsp3) is 0.312. The van der Waals surface area contributed by atoms with Gasteiger partial charge in [0, 0.05) is 10.7 Å². The van der Waals surface area contributed by atoms with Gasteiger partial charge in [0.25, 0.3) is 5.91 Å². The Morgan fingerprint density at radius 1 is 0.850 bits per heavy atom. The molecule has 5 rings (SSSR count). The predicted octanol–water partition coefficient (Wildman–Crippen LogP) is 7.56. The lowest BCUT2D eigenvalue weighted by atomic mass is 9.97. The Hall–Kier alpha value is -3.97. The van der Waals surface area contributed by atoms with Crippen LogP contribution >= 0.6 is 11.6 Å². The van der Waals surface area contributed by atoms with E-state index in [4.69, 9.17) is 30.2 Å². The maximum Gasteiger partial charge on any atom is 0.295 e. The lowest BCUT2D eigenvalue weighted by Crippen LogP contribution is -2.29. The van der Waals surface area contributed by atoms with Gasteiger partial charge < -0.3 is 18.6 Å². The summed E-state index contributed by atoms with van der Waals surface area (Å²) in [6.07, 6.45) is 3.12. The molecule has 7 nitrogen and oxygen atoms in total. The lowest BCUT2D eigenvalue weighted by Gasteiger charge is -2.26. The van der Waals surface area contributed by atoms with Gasteiger partial charge in [-0.25, -0.2) is 0 Å². The first kappa shape index (κ1) is 27.6. The second-order valence-corrected chi connectivity index (χ2v) is 9.95. The maximum absolute atomic E-state index is 13.9. The van der Waals surface area contributed by atoms with Crippen LogP contribution in [0.2, 0.25) is 5.02 Å². The molecule has 1 atom stereocenters. The third-order valence-electron chi connectivity index (χ3n) is 6.85. The molecule has 4 aromatic rings. The minimum atomic E-state index is -0.756. The topological polar surface area (TPSA) is 78.2 Å². The SMILES string of the molecule is CCCCCOc1ccc(C2c3c(oc4ccc(Cl)cc4c3=O)C(=O)N2c2ccc(OCC)cc2)cc1OCC. The zero-order valence-electron chi connectivity index (χ0n) is 22.9. The second-order valence-electron chi connectivity index (χ2n) is 9.51. The van der Waals surface area contributed by atoms with Crippen LogP contribution in [-0.4, -0.2) is 25.7 Å². The van der Waals surface area contributed by atoms with E-state index < -0.39 is 11.9 Å². The molecule has 40 heavy (non-hydrogen) atoms. The van der Waals surface area contributed by atoms with Crippen LogP contribution in [0.15, 0.2) is 69.9 Å². The van der Waals surface area contributed by atoms with E-state index in [0.29, 0.717) is 64.3 Å². The van der Waals surface area contributed by atoms with Crippen molar-refractivity contribution < 1.29 is 23.4 Å². The van der Waals surface area contributed by atoms with Crippen molar-refractivity contribution in [2.75, 3.05) is 24.7 Å². The Balaban J connectivity index is 1.66. The van der Waals surface area contributed by atoms with Gasteiger partial charge in [-0.15, -0.1) is 0 Å². The van der Waals surface area contributed by atoms with E-state index >= 15 is 0 Å². The molecular weight excluding hydrogens is 530 g/mol. The van der Waals surface area contributed by atoms with Crippen LogP contribution in [0.5, 0.6) is 17.2 Å². The van der Waals surface area contributed by atoms with E-state index in [-0.39, 0.29) is 16.8 Å². The summed E-state index contributed by atoms with van der Waals surface area (Å²) in [6.45, 7) is 7.49. The zero-order valence-corrected chi connectivity index (χ0v) is 23.6. The smallest absolute Gasteiger partial charge is 0.295 e. The Morgan fingerprint density at radius 3 is 2.35 bits per heavy atom. The molecule has 0 aliphatic carbocycles. The highest BCUT2D eigenvalue weighted by Gasteiger charge is 2.44. The predicted molar refractivity (Wildman–Crippen MR) is 156 cm³/mol. The molecule has 0 spiro atoms. The number of nitrogens with zero attached hydrogens (tertiary/aromatic N) is 1. The van der Waals surface area contributed by atoms with E-state index in [0.717, 1.165) is 19.3 Å². The number of carbonyl (C=O) groups excluding carboxylic acids is 1. The Bertz CT molecular complexity index is 1580. The Labute approximate surface area is 238 Å². The fourth-order valence-corrected chi connectivity index (χ4v) is 5.19. The van der Waals surface area contributed by atoms with Crippen molar-refractivity contribution >= 4 is 34.2 Å². The number of rotatable bonds is 11. The molecule has 1 aliphatic heterocycles. The molecule has 1 amide bonds. The van der Waals surface area contributed by atoms with E-state index in [1.165, 1.54) is 0 Å². The molecule has 0 N–H and O–H groups in total. The highest BCUT2D eigenvalue weighted by Crippen LogP contribution is 2.43. The lowest BCUT2D eigenvalue weighted by molar-refractivity contribution is 0.0971. The summed E-state index contributed by atoms with van der Waals surface area (Å²) in [6, 6.07) is 16.8. The van der Waals surface area contributed by atoms with Crippen molar-refractivity contribution in [1.82, 2.24) is 0 Å². The van der Waals surface area contributed by atoms with Gasteiger partial charge in [-0.1, -0.05) is 37.4 Å². The number of ether oxygens (including phenoxy) is 3. The number of hydrogen-bond donors (Lipinski definition) is 0. The van der Waals surface area contributed by atoms with Crippen LogP contribution in [0.4, 0.5) is 5.69 Å². The number of halogens is 1. The van der Waals surface area contributed by atoms with Gasteiger partial charge in [0.05, 0.1) is 36.8 Å². The molecule has 1 unspecified atom stereocenters. The first-order chi connectivity index (χ1) is 19.5. The van der Waals surface area contributed by atoms with E-state index in [2.05, 4.69) is 6.92 Å². The number of amides is 1. The quantitative estimate of drug-likeness (QED) is 0.176.